The number of para-hydroxylation sites is 1. The van der Waals surface area contributed by atoms with Gasteiger partial charge in [-0.2, -0.15) is 0 Å². The first-order valence-electron chi connectivity index (χ1n) is 10.9. The molecule has 0 radical (unpaired) electrons. The molecule has 0 spiro atoms. The van der Waals surface area contributed by atoms with Crippen molar-refractivity contribution >= 4 is 27.3 Å². The molecule has 0 atom stereocenters. The third-order valence-electron chi connectivity index (χ3n) is 5.55. The number of nitrogens with one attached hydrogen (secondary N) is 1. The van der Waals surface area contributed by atoms with Crippen LogP contribution in [-0.4, -0.2) is 26.5 Å². The molecule has 1 N–H and O–H groups in total. The number of ether oxygens (including phenoxy) is 1. The molecule has 8 nitrogen and oxygen atoms in total. The quantitative estimate of drug-likeness (QED) is 0.374. The van der Waals surface area contributed by atoms with E-state index in [0.717, 1.165) is 11.3 Å². The van der Waals surface area contributed by atoms with E-state index in [2.05, 4.69) is 10.5 Å². The number of amides is 1. The molecule has 0 fully saturated rings. The summed E-state index contributed by atoms with van der Waals surface area (Å²) in [5.74, 6) is 0.935. The molecule has 0 aliphatic rings. The third kappa shape index (κ3) is 5.36. The Bertz CT molecular complexity index is 1410. The molecule has 0 unspecified atom stereocenters. The summed E-state index contributed by atoms with van der Waals surface area (Å²) < 4.78 is 38.2. The fourth-order valence-electron chi connectivity index (χ4n) is 3.44. The summed E-state index contributed by atoms with van der Waals surface area (Å²) >= 11 is 0. The number of benzene rings is 3. The molecule has 4 rings (SSSR count). The Morgan fingerprint density at radius 1 is 1.00 bits per heavy atom. The fraction of sp³-hybridized carbons (Fsp3) is 0.154. The first-order chi connectivity index (χ1) is 16.8. The van der Waals surface area contributed by atoms with Crippen molar-refractivity contribution in [2.24, 2.45) is 0 Å². The Morgan fingerprint density at radius 3 is 2.37 bits per heavy atom. The highest BCUT2D eigenvalue weighted by molar-refractivity contribution is 7.92. The van der Waals surface area contributed by atoms with Crippen molar-refractivity contribution in [1.82, 2.24) is 5.16 Å². The zero-order valence-electron chi connectivity index (χ0n) is 19.6. The highest BCUT2D eigenvalue weighted by atomic mass is 32.2. The van der Waals surface area contributed by atoms with Crippen LogP contribution in [-0.2, 0) is 16.6 Å². The first kappa shape index (κ1) is 24.0. The van der Waals surface area contributed by atoms with E-state index in [0.29, 0.717) is 35.1 Å². The van der Waals surface area contributed by atoms with Crippen LogP contribution in [0.5, 0.6) is 5.75 Å². The molecule has 1 heterocycles. The Balaban J connectivity index is 1.43. The van der Waals surface area contributed by atoms with Crippen LogP contribution in [0.3, 0.4) is 0 Å². The topological polar surface area (TPSA) is 102 Å². The molecule has 0 aliphatic carbocycles. The number of hydrogen-bond acceptors (Lipinski definition) is 6. The largest absolute Gasteiger partial charge is 0.489 e. The van der Waals surface area contributed by atoms with Crippen LogP contribution in [0.25, 0.3) is 0 Å². The maximum Gasteiger partial charge on any atom is 0.264 e. The summed E-state index contributed by atoms with van der Waals surface area (Å²) in [7, 11) is -2.31. The van der Waals surface area contributed by atoms with Gasteiger partial charge in [-0.05, 0) is 68.4 Å². The molecule has 1 aromatic heterocycles. The number of hydrogen-bond donors (Lipinski definition) is 1. The van der Waals surface area contributed by atoms with E-state index < -0.39 is 10.0 Å². The predicted molar refractivity (Wildman–Crippen MR) is 133 cm³/mol. The van der Waals surface area contributed by atoms with E-state index in [1.54, 1.807) is 60.7 Å². The first-order valence-corrected chi connectivity index (χ1v) is 12.3. The van der Waals surface area contributed by atoms with Crippen molar-refractivity contribution in [1.29, 1.82) is 0 Å². The van der Waals surface area contributed by atoms with Gasteiger partial charge in [0.2, 0.25) is 0 Å². The van der Waals surface area contributed by atoms with Crippen molar-refractivity contribution in [2.75, 3.05) is 16.7 Å². The summed E-state index contributed by atoms with van der Waals surface area (Å²) in [6.45, 7) is 3.99. The number of carbonyl (C=O) groups excluding carboxylic acids is 1. The fourth-order valence-corrected chi connectivity index (χ4v) is 4.68. The molecular weight excluding hydrogens is 466 g/mol. The second kappa shape index (κ2) is 10.0. The average Bonchev–Trinajstić information content (AvgIpc) is 3.20. The summed E-state index contributed by atoms with van der Waals surface area (Å²) in [6.07, 6.45) is 0. The van der Waals surface area contributed by atoms with Gasteiger partial charge in [0.15, 0.2) is 0 Å². The number of anilines is 2. The molecule has 0 saturated carbocycles. The Morgan fingerprint density at radius 2 is 1.71 bits per heavy atom. The Kier molecular flexibility index (Phi) is 6.88. The standard InChI is InChI=1S/C26H25N3O5S/c1-18-25(19(2)34-28-18)17-33-23-14-12-20(13-15-23)26(30)27-21-8-7-11-24(16-21)35(31,32)29(3)22-9-5-4-6-10-22/h4-16H,17H2,1-3H3,(H,27,30). The number of aromatic nitrogens is 1. The van der Waals surface area contributed by atoms with Crippen LogP contribution in [0.15, 0.2) is 88.3 Å². The zero-order valence-corrected chi connectivity index (χ0v) is 20.4. The lowest BCUT2D eigenvalue weighted by Gasteiger charge is -2.20. The van der Waals surface area contributed by atoms with Gasteiger partial charge < -0.3 is 14.6 Å². The summed E-state index contributed by atoms with van der Waals surface area (Å²) in [4.78, 5) is 12.8. The molecule has 4 aromatic rings. The predicted octanol–water partition coefficient (Wildman–Crippen LogP) is 4.95. The third-order valence-corrected chi connectivity index (χ3v) is 7.33. The highest BCUT2D eigenvalue weighted by Crippen LogP contribution is 2.24. The minimum absolute atomic E-state index is 0.0738. The second-order valence-electron chi connectivity index (χ2n) is 7.91. The van der Waals surface area contributed by atoms with Crippen molar-refractivity contribution in [2.45, 2.75) is 25.3 Å². The van der Waals surface area contributed by atoms with Crippen molar-refractivity contribution < 1.29 is 22.5 Å². The molecule has 35 heavy (non-hydrogen) atoms. The van der Waals surface area contributed by atoms with Gasteiger partial charge in [0.25, 0.3) is 15.9 Å². The van der Waals surface area contributed by atoms with E-state index >= 15 is 0 Å². The van der Waals surface area contributed by atoms with Gasteiger partial charge in [-0.1, -0.05) is 29.4 Å². The molecule has 180 valence electrons. The van der Waals surface area contributed by atoms with Gasteiger partial charge in [0.05, 0.1) is 21.8 Å². The van der Waals surface area contributed by atoms with Crippen LogP contribution in [0, 0.1) is 13.8 Å². The van der Waals surface area contributed by atoms with Gasteiger partial charge in [-0.15, -0.1) is 0 Å². The maximum absolute atomic E-state index is 13.1. The van der Waals surface area contributed by atoms with Crippen LogP contribution in [0.4, 0.5) is 11.4 Å². The van der Waals surface area contributed by atoms with E-state index in [1.165, 1.54) is 23.5 Å². The lowest BCUT2D eigenvalue weighted by atomic mass is 10.2. The van der Waals surface area contributed by atoms with Gasteiger partial charge in [-0.3, -0.25) is 9.10 Å². The SMILES string of the molecule is Cc1noc(C)c1COc1ccc(C(=O)Nc2cccc(S(=O)(=O)N(C)c3ccccc3)c2)cc1. The highest BCUT2D eigenvalue weighted by Gasteiger charge is 2.21. The zero-order chi connectivity index (χ0) is 25.0. The Hall–Kier alpha value is -4.11. The van der Waals surface area contributed by atoms with Gasteiger partial charge in [0.1, 0.15) is 18.1 Å². The molecular formula is C26H25N3O5S. The Labute approximate surface area is 204 Å². The van der Waals surface area contributed by atoms with Crippen molar-refractivity contribution in [3.05, 3.63) is 101 Å². The van der Waals surface area contributed by atoms with Crippen molar-refractivity contribution in [3.8, 4) is 5.75 Å². The van der Waals surface area contributed by atoms with E-state index in [1.807, 2.05) is 19.9 Å². The number of aryl methyl sites for hydroxylation is 2. The maximum atomic E-state index is 13.1. The second-order valence-corrected chi connectivity index (χ2v) is 9.88. The monoisotopic (exact) mass is 491 g/mol. The molecule has 0 saturated heterocycles. The molecule has 3 aromatic carbocycles. The molecule has 0 bridgehead atoms. The van der Waals surface area contributed by atoms with E-state index in [9.17, 15) is 13.2 Å². The lowest BCUT2D eigenvalue weighted by molar-refractivity contribution is 0.102. The van der Waals surface area contributed by atoms with Crippen LogP contribution in [0.1, 0.15) is 27.4 Å². The number of rotatable bonds is 8. The lowest BCUT2D eigenvalue weighted by Crippen LogP contribution is -2.26. The number of nitrogens with zero attached hydrogens (tertiary/aromatic N) is 2. The van der Waals surface area contributed by atoms with Crippen LogP contribution < -0.4 is 14.4 Å². The minimum Gasteiger partial charge on any atom is -0.489 e. The normalized spacial score (nSPS) is 11.2. The van der Waals surface area contributed by atoms with Crippen LogP contribution in [0.2, 0.25) is 0 Å². The summed E-state index contributed by atoms with van der Waals surface area (Å²) in [6, 6.07) is 21.6. The summed E-state index contributed by atoms with van der Waals surface area (Å²) in [5.41, 5.74) is 2.98. The van der Waals surface area contributed by atoms with Gasteiger partial charge in [0, 0.05) is 18.3 Å². The smallest absolute Gasteiger partial charge is 0.264 e. The van der Waals surface area contributed by atoms with Crippen LogP contribution >= 0.6 is 0 Å². The van der Waals surface area contributed by atoms with Crippen molar-refractivity contribution in [3.63, 3.8) is 0 Å². The van der Waals surface area contributed by atoms with Gasteiger partial charge in [-0.25, -0.2) is 8.42 Å². The molecule has 1 amide bonds. The van der Waals surface area contributed by atoms with Gasteiger partial charge >= 0.3 is 0 Å². The number of sulfonamides is 1. The van der Waals surface area contributed by atoms with E-state index in [-0.39, 0.29) is 10.8 Å². The van der Waals surface area contributed by atoms with E-state index in [4.69, 9.17) is 9.26 Å². The molecule has 9 heteroatoms. The summed E-state index contributed by atoms with van der Waals surface area (Å²) in [5, 5.41) is 6.66. The molecule has 0 aliphatic heterocycles. The average molecular weight is 492 g/mol. The number of carbonyl (C=O) groups is 1. The minimum atomic E-state index is -3.80.